The van der Waals surface area contributed by atoms with Gasteiger partial charge in [-0.3, -0.25) is 0 Å². The molecule has 1 unspecified atom stereocenters. The van der Waals surface area contributed by atoms with Crippen LogP contribution in [0.4, 0.5) is 0 Å². The molecule has 0 radical (unpaired) electrons. The number of hydrogen-bond acceptors (Lipinski definition) is 4. The van der Waals surface area contributed by atoms with Gasteiger partial charge in [0.15, 0.2) is 0 Å². The number of nitrogens with two attached hydrogens (primary N) is 1. The molecule has 0 amide bonds. The summed E-state index contributed by atoms with van der Waals surface area (Å²) in [4.78, 5) is 0. The lowest BCUT2D eigenvalue weighted by atomic mass is 10.0. The Morgan fingerprint density at radius 2 is 1.92 bits per heavy atom. The highest BCUT2D eigenvalue weighted by molar-refractivity contribution is 5.40. The van der Waals surface area contributed by atoms with Crippen LogP contribution in [0.25, 0.3) is 0 Å². The van der Waals surface area contributed by atoms with E-state index in [0.717, 1.165) is 0 Å². The molecule has 0 saturated heterocycles. The molecule has 4 nitrogen and oxygen atoms in total. The van der Waals surface area contributed by atoms with Crippen molar-refractivity contribution in [1.82, 2.24) is 0 Å². The lowest BCUT2D eigenvalue weighted by molar-refractivity contribution is 0.162. The first-order valence-electron chi connectivity index (χ1n) is 3.98. The van der Waals surface area contributed by atoms with Crippen LogP contribution in [0.5, 0.6) is 11.5 Å². The van der Waals surface area contributed by atoms with Gasteiger partial charge in [0, 0.05) is 5.56 Å². The number of aliphatic hydroxyl groups excluding tert-OH is 1. The predicted octanol–water partition coefficient (Wildman–Crippen LogP) is 0.478. The van der Waals surface area contributed by atoms with Crippen molar-refractivity contribution in [3.63, 3.8) is 0 Å². The molecular weight excluding hydrogens is 170 g/mol. The molecule has 4 heteroatoms. The van der Waals surface area contributed by atoms with Crippen LogP contribution < -0.4 is 5.73 Å². The van der Waals surface area contributed by atoms with Crippen molar-refractivity contribution in [3.05, 3.63) is 23.8 Å². The van der Waals surface area contributed by atoms with Crippen molar-refractivity contribution in [2.24, 2.45) is 5.73 Å². The summed E-state index contributed by atoms with van der Waals surface area (Å²) >= 11 is 0. The number of phenolic OH excluding ortho intramolecular Hbond substituents is 2. The van der Waals surface area contributed by atoms with Crippen LogP contribution in [-0.4, -0.2) is 21.4 Å². The smallest absolute Gasteiger partial charge is 0.120 e. The average molecular weight is 183 g/mol. The van der Waals surface area contributed by atoms with E-state index in [1.165, 1.54) is 25.1 Å². The van der Waals surface area contributed by atoms with Crippen LogP contribution in [0.1, 0.15) is 18.5 Å². The van der Waals surface area contributed by atoms with Gasteiger partial charge in [-0.05, 0) is 25.1 Å². The van der Waals surface area contributed by atoms with Gasteiger partial charge in [0.2, 0.25) is 0 Å². The number of hydrogen-bond donors (Lipinski definition) is 4. The molecular formula is C9H13NO3. The summed E-state index contributed by atoms with van der Waals surface area (Å²) in [5.74, 6) is -0.00454. The third-order valence-electron chi connectivity index (χ3n) is 1.89. The molecule has 0 fully saturated rings. The molecule has 1 aromatic rings. The zero-order valence-corrected chi connectivity index (χ0v) is 7.31. The molecule has 0 bridgehead atoms. The normalized spacial score (nSPS) is 15.3. The molecule has 13 heavy (non-hydrogen) atoms. The maximum absolute atomic E-state index is 9.35. The van der Waals surface area contributed by atoms with E-state index in [2.05, 4.69) is 0 Å². The molecule has 2 atom stereocenters. The van der Waals surface area contributed by atoms with Gasteiger partial charge in [-0.15, -0.1) is 0 Å². The second kappa shape index (κ2) is 3.64. The highest BCUT2D eigenvalue weighted by atomic mass is 16.3. The van der Waals surface area contributed by atoms with Crippen LogP contribution in [0, 0.1) is 0 Å². The maximum Gasteiger partial charge on any atom is 0.120 e. The van der Waals surface area contributed by atoms with Crippen LogP contribution in [0.15, 0.2) is 18.2 Å². The van der Waals surface area contributed by atoms with Gasteiger partial charge in [0.05, 0.1) is 12.1 Å². The van der Waals surface area contributed by atoms with Crippen molar-refractivity contribution in [2.45, 2.75) is 19.1 Å². The summed E-state index contributed by atoms with van der Waals surface area (Å²) < 4.78 is 0. The van der Waals surface area contributed by atoms with Crippen LogP contribution in [0.3, 0.4) is 0 Å². The maximum atomic E-state index is 9.35. The number of phenols is 2. The van der Waals surface area contributed by atoms with Crippen LogP contribution in [-0.2, 0) is 0 Å². The zero-order chi connectivity index (χ0) is 10.0. The molecule has 1 rings (SSSR count). The molecule has 0 aliphatic carbocycles. The first-order valence-corrected chi connectivity index (χ1v) is 3.98. The molecule has 0 aromatic heterocycles. The second-order valence-corrected chi connectivity index (χ2v) is 3.01. The van der Waals surface area contributed by atoms with Gasteiger partial charge in [0.25, 0.3) is 0 Å². The summed E-state index contributed by atoms with van der Waals surface area (Å²) in [7, 11) is 0. The van der Waals surface area contributed by atoms with Gasteiger partial charge in [0.1, 0.15) is 11.5 Å². The Hall–Kier alpha value is -1.26. The summed E-state index contributed by atoms with van der Waals surface area (Å²) in [6.45, 7) is 1.52. The minimum Gasteiger partial charge on any atom is -0.508 e. The Labute approximate surface area is 76.2 Å². The number of benzene rings is 1. The van der Waals surface area contributed by atoms with E-state index in [9.17, 15) is 10.2 Å². The Balaban J connectivity index is 3.05. The van der Waals surface area contributed by atoms with Gasteiger partial charge in [-0.1, -0.05) is 0 Å². The molecule has 0 spiro atoms. The van der Waals surface area contributed by atoms with E-state index >= 15 is 0 Å². The monoisotopic (exact) mass is 183 g/mol. The van der Waals surface area contributed by atoms with Gasteiger partial charge in [-0.25, -0.2) is 0 Å². The van der Waals surface area contributed by atoms with E-state index in [1.807, 2.05) is 0 Å². The Morgan fingerprint density at radius 3 is 2.46 bits per heavy atom. The van der Waals surface area contributed by atoms with Crippen molar-refractivity contribution in [1.29, 1.82) is 0 Å². The quantitative estimate of drug-likeness (QED) is 0.502. The standard InChI is InChI=1S/C9H13NO3/c1-5(11)9(10)7-4-6(12)2-3-8(7)13/h2-5,9,11-13H,10H2,1H3/t5?,9-/m1/s1. The third kappa shape index (κ3) is 2.11. The van der Waals surface area contributed by atoms with Gasteiger partial charge < -0.3 is 21.1 Å². The number of aliphatic hydroxyl groups is 1. The predicted molar refractivity (Wildman–Crippen MR) is 48.4 cm³/mol. The van der Waals surface area contributed by atoms with E-state index in [0.29, 0.717) is 5.56 Å². The third-order valence-corrected chi connectivity index (χ3v) is 1.89. The minimum atomic E-state index is -0.771. The molecule has 0 aliphatic rings. The largest absolute Gasteiger partial charge is 0.508 e. The first-order chi connectivity index (χ1) is 6.02. The lowest BCUT2D eigenvalue weighted by Gasteiger charge is -2.16. The molecule has 1 aromatic carbocycles. The molecule has 5 N–H and O–H groups in total. The minimum absolute atomic E-state index is 0.0175. The Morgan fingerprint density at radius 1 is 1.31 bits per heavy atom. The summed E-state index contributed by atoms with van der Waals surface area (Å²) in [6, 6.07) is 3.35. The highest BCUT2D eigenvalue weighted by Crippen LogP contribution is 2.28. The highest BCUT2D eigenvalue weighted by Gasteiger charge is 2.16. The van der Waals surface area contributed by atoms with Crippen LogP contribution >= 0.6 is 0 Å². The SMILES string of the molecule is CC(O)[C@@H](N)c1cc(O)ccc1O. The van der Waals surface area contributed by atoms with E-state index in [1.54, 1.807) is 0 Å². The van der Waals surface area contributed by atoms with Gasteiger partial charge >= 0.3 is 0 Å². The van der Waals surface area contributed by atoms with Crippen LogP contribution in [0.2, 0.25) is 0 Å². The summed E-state index contributed by atoms with van der Waals surface area (Å²) in [5, 5.41) is 27.6. The Bertz CT molecular complexity index is 299. The zero-order valence-electron chi connectivity index (χ0n) is 7.31. The molecule has 0 heterocycles. The fourth-order valence-electron chi connectivity index (χ4n) is 1.07. The summed E-state index contributed by atoms with van der Waals surface area (Å²) in [5.41, 5.74) is 5.93. The molecule has 0 saturated carbocycles. The second-order valence-electron chi connectivity index (χ2n) is 3.01. The lowest BCUT2D eigenvalue weighted by Crippen LogP contribution is -2.23. The topological polar surface area (TPSA) is 86.7 Å². The first kappa shape index (κ1) is 9.83. The number of aromatic hydroxyl groups is 2. The summed E-state index contributed by atoms with van der Waals surface area (Å²) in [6.07, 6.45) is -0.771. The Kier molecular flexibility index (Phi) is 2.75. The van der Waals surface area contributed by atoms with E-state index < -0.39 is 12.1 Å². The fraction of sp³-hybridized carbons (Fsp3) is 0.333. The average Bonchev–Trinajstić information content (AvgIpc) is 2.08. The molecule has 0 aliphatic heterocycles. The van der Waals surface area contributed by atoms with Crippen molar-refractivity contribution in [2.75, 3.05) is 0 Å². The van der Waals surface area contributed by atoms with E-state index in [4.69, 9.17) is 10.8 Å². The fourth-order valence-corrected chi connectivity index (χ4v) is 1.07. The van der Waals surface area contributed by atoms with E-state index in [-0.39, 0.29) is 11.5 Å². The van der Waals surface area contributed by atoms with Crippen molar-refractivity contribution >= 4 is 0 Å². The van der Waals surface area contributed by atoms with Gasteiger partial charge in [-0.2, -0.15) is 0 Å². The molecule has 72 valence electrons. The number of rotatable bonds is 2. The van der Waals surface area contributed by atoms with Crippen molar-refractivity contribution < 1.29 is 15.3 Å². The van der Waals surface area contributed by atoms with Crippen molar-refractivity contribution in [3.8, 4) is 11.5 Å².